The Hall–Kier alpha value is -1.62. The second-order valence-electron chi connectivity index (χ2n) is 4.64. The van der Waals surface area contributed by atoms with Crippen LogP contribution in [0.2, 0.25) is 0 Å². The van der Waals surface area contributed by atoms with Gasteiger partial charge in [0.15, 0.2) is 0 Å². The lowest BCUT2D eigenvalue weighted by molar-refractivity contribution is 0.0586. The van der Waals surface area contributed by atoms with Crippen molar-refractivity contribution in [2.45, 2.75) is 25.9 Å². The predicted octanol–water partition coefficient (Wildman–Crippen LogP) is 1.73. The molecule has 0 aromatic carbocycles. The summed E-state index contributed by atoms with van der Waals surface area (Å²) in [6.45, 7) is 3.90. The summed E-state index contributed by atoms with van der Waals surface area (Å²) in [5.41, 5.74) is 0.573. The third kappa shape index (κ3) is 3.67. The van der Waals surface area contributed by atoms with Crippen LogP contribution in [0, 0.1) is 0 Å². The smallest absolute Gasteiger partial charge is 0.255 e. The molecule has 1 aromatic heterocycles. The van der Waals surface area contributed by atoms with Gasteiger partial charge in [0.05, 0.1) is 18.3 Å². The van der Waals surface area contributed by atoms with Gasteiger partial charge < -0.3 is 14.4 Å². The molecule has 19 heavy (non-hydrogen) atoms. The summed E-state index contributed by atoms with van der Waals surface area (Å²) >= 11 is 0. The molecule has 2 rings (SSSR count). The van der Waals surface area contributed by atoms with E-state index in [4.69, 9.17) is 9.47 Å². The molecule has 1 amide bonds. The average Bonchev–Trinajstić information content (AvgIpc) is 2.92. The zero-order chi connectivity index (χ0) is 13.7. The first kappa shape index (κ1) is 13.8. The lowest BCUT2D eigenvalue weighted by Crippen LogP contribution is -2.34. The molecule has 104 valence electrons. The number of pyridine rings is 1. The van der Waals surface area contributed by atoms with E-state index < -0.39 is 0 Å². The van der Waals surface area contributed by atoms with Crippen molar-refractivity contribution in [2.75, 3.05) is 26.8 Å². The molecule has 1 aliphatic heterocycles. The van der Waals surface area contributed by atoms with E-state index in [1.165, 1.54) is 0 Å². The molecule has 5 nitrogen and oxygen atoms in total. The molecule has 1 saturated heterocycles. The third-order valence-electron chi connectivity index (χ3n) is 3.12. The van der Waals surface area contributed by atoms with Gasteiger partial charge in [-0.05, 0) is 25.8 Å². The van der Waals surface area contributed by atoms with Gasteiger partial charge in [-0.1, -0.05) is 0 Å². The van der Waals surface area contributed by atoms with Gasteiger partial charge in [-0.3, -0.25) is 4.79 Å². The van der Waals surface area contributed by atoms with Crippen molar-refractivity contribution in [1.82, 2.24) is 9.88 Å². The second-order valence-corrected chi connectivity index (χ2v) is 4.64. The van der Waals surface area contributed by atoms with Crippen molar-refractivity contribution in [3.63, 3.8) is 0 Å². The molecule has 1 atom stereocenters. The number of ether oxygens (including phenoxy) is 2. The Morgan fingerprint density at radius 1 is 1.58 bits per heavy atom. The Bertz CT molecular complexity index is 413. The Morgan fingerprint density at radius 2 is 2.42 bits per heavy atom. The van der Waals surface area contributed by atoms with Crippen molar-refractivity contribution in [3.05, 3.63) is 23.9 Å². The summed E-state index contributed by atoms with van der Waals surface area (Å²) in [6, 6.07) is 3.46. The van der Waals surface area contributed by atoms with Gasteiger partial charge in [0.2, 0.25) is 5.88 Å². The van der Waals surface area contributed by atoms with Crippen molar-refractivity contribution < 1.29 is 14.3 Å². The number of carbonyl (C=O) groups is 1. The highest BCUT2D eigenvalue weighted by atomic mass is 16.5. The maximum Gasteiger partial charge on any atom is 0.255 e. The van der Waals surface area contributed by atoms with E-state index in [0.29, 0.717) is 24.6 Å². The summed E-state index contributed by atoms with van der Waals surface area (Å²) in [4.78, 5) is 18.0. The van der Waals surface area contributed by atoms with E-state index >= 15 is 0 Å². The highest BCUT2D eigenvalue weighted by Crippen LogP contribution is 2.14. The second kappa shape index (κ2) is 6.52. The zero-order valence-corrected chi connectivity index (χ0v) is 11.5. The molecule has 1 aliphatic rings. The minimum Gasteiger partial charge on any atom is -0.478 e. The molecule has 0 aliphatic carbocycles. The molecule has 2 heterocycles. The average molecular weight is 264 g/mol. The van der Waals surface area contributed by atoms with Crippen LogP contribution < -0.4 is 4.74 Å². The first-order valence-electron chi connectivity index (χ1n) is 6.66. The molecule has 0 spiro atoms. The van der Waals surface area contributed by atoms with Gasteiger partial charge in [-0.25, -0.2) is 4.98 Å². The molecule has 1 fully saturated rings. The lowest BCUT2D eigenvalue weighted by Gasteiger charge is -2.20. The van der Waals surface area contributed by atoms with Gasteiger partial charge in [0.1, 0.15) is 0 Å². The van der Waals surface area contributed by atoms with Crippen LogP contribution in [-0.2, 0) is 4.74 Å². The number of hydrogen-bond donors (Lipinski definition) is 0. The van der Waals surface area contributed by atoms with Crippen LogP contribution in [0.25, 0.3) is 0 Å². The molecule has 5 heteroatoms. The number of hydrogen-bond acceptors (Lipinski definition) is 4. The van der Waals surface area contributed by atoms with Crippen molar-refractivity contribution in [1.29, 1.82) is 0 Å². The summed E-state index contributed by atoms with van der Waals surface area (Å²) < 4.78 is 10.8. The number of carbonyl (C=O) groups excluding carboxylic acids is 1. The standard InChI is InChI=1S/C14H20N2O3/c1-3-18-13-7-6-11(9-15-13)14(17)16(2)10-12-5-4-8-19-12/h6-7,9,12H,3-5,8,10H2,1-2H3/t12-/m0/s1. The molecular formula is C14H20N2O3. The van der Waals surface area contributed by atoms with Crippen LogP contribution in [0.3, 0.4) is 0 Å². The molecule has 0 unspecified atom stereocenters. The van der Waals surface area contributed by atoms with E-state index in [9.17, 15) is 4.79 Å². The van der Waals surface area contributed by atoms with Crippen LogP contribution >= 0.6 is 0 Å². The maximum atomic E-state index is 12.2. The van der Waals surface area contributed by atoms with E-state index in [2.05, 4.69) is 4.98 Å². The summed E-state index contributed by atoms with van der Waals surface area (Å²) in [6.07, 6.45) is 3.83. The van der Waals surface area contributed by atoms with E-state index in [-0.39, 0.29) is 12.0 Å². The number of amides is 1. The van der Waals surface area contributed by atoms with Crippen LogP contribution in [0.1, 0.15) is 30.1 Å². The lowest BCUT2D eigenvalue weighted by atomic mass is 10.2. The number of rotatable bonds is 5. The van der Waals surface area contributed by atoms with Gasteiger partial charge in [0.25, 0.3) is 5.91 Å². The summed E-state index contributed by atoms with van der Waals surface area (Å²) in [7, 11) is 1.79. The maximum absolute atomic E-state index is 12.2. The fourth-order valence-electron chi connectivity index (χ4n) is 2.14. The number of nitrogens with zero attached hydrogens (tertiary/aromatic N) is 2. The molecule has 0 bridgehead atoms. The molecule has 0 N–H and O–H groups in total. The molecule has 1 aromatic rings. The molecule has 0 radical (unpaired) electrons. The summed E-state index contributed by atoms with van der Waals surface area (Å²) in [5, 5.41) is 0. The highest BCUT2D eigenvalue weighted by molar-refractivity contribution is 5.93. The Morgan fingerprint density at radius 3 is 3.00 bits per heavy atom. The Labute approximate surface area is 113 Å². The van der Waals surface area contributed by atoms with Gasteiger partial charge in [-0.15, -0.1) is 0 Å². The fourth-order valence-corrected chi connectivity index (χ4v) is 2.14. The summed E-state index contributed by atoms with van der Waals surface area (Å²) in [5.74, 6) is 0.506. The number of aromatic nitrogens is 1. The molecule has 0 saturated carbocycles. The highest BCUT2D eigenvalue weighted by Gasteiger charge is 2.20. The van der Waals surface area contributed by atoms with Gasteiger partial charge >= 0.3 is 0 Å². The Balaban J connectivity index is 1.93. The fraction of sp³-hybridized carbons (Fsp3) is 0.571. The van der Waals surface area contributed by atoms with Crippen LogP contribution in [-0.4, -0.2) is 48.7 Å². The topological polar surface area (TPSA) is 51.7 Å². The van der Waals surface area contributed by atoms with Crippen molar-refractivity contribution >= 4 is 5.91 Å². The van der Waals surface area contributed by atoms with Crippen LogP contribution in [0.4, 0.5) is 0 Å². The van der Waals surface area contributed by atoms with E-state index in [1.807, 2.05) is 6.92 Å². The molecular weight excluding hydrogens is 244 g/mol. The Kier molecular flexibility index (Phi) is 4.74. The zero-order valence-electron chi connectivity index (χ0n) is 11.5. The van der Waals surface area contributed by atoms with Crippen molar-refractivity contribution in [2.24, 2.45) is 0 Å². The first-order chi connectivity index (χ1) is 9.20. The normalized spacial score (nSPS) is 18.3. The minimum absolute atomic E-state index is 0.0361. The van der Waals surface area contributed by atoms with Crippen LogP contribution in [0.5, 0.6) is 5.88 Å². The monoisotopic (exact) mass is 264 g/mol. The number of likely N-dealkylation sites (N-methyl/N-ethyl adjacent to an activating group) is 1. The van der Waals surface area contributed by atoms with Gasteiger partial charge in [0, 0.05) is 32.5 Å². The quantitative estimate of drug-likeness (QED) is 0.812. The van der Waals surface area contributed by atoms with E-state index in [1.54, 1.807) is 30.3 Å². The minimum atomic E-state index is -0.0361. The van der Waals surface area contributed by atoms with Gasteiger partial charge in [-0.2, -0.15) is 0 Å². The predicted molar refractivity (Wildman–Crippen MR) is 71.3 cm³/mol. The van der Waals surface area contributed by atoms with E-state index in [0.717, 1.165) is 19.4 Å². The third-order valence-corrected chi connectivity index (χ3v) is 3.12. The largest absolute Gasteiger partial charge is 0.478 e. The van der Waals surface area contributed by atoms with Crippen LogP contribution in [0.15, 0.2) is 18.3 Å². The van der Waals surface area contributed by atoms with Crippen molar-refractivity contribution in [3.8, 4) is 5.88 Å². The first-order valence-corrected chi connectivity index (χ1v) is 6.66. The SMILES string of the molecule is CCOc1ccc(C(=O)N(C)C[C@@H]2CCCO2)cn1.